The molecule has 0 aliphatic rings. The molecule has 0 saturated carbocycles. The van der Waals surface area contributed by atoms with Gasteiger partial charge in [-0.05, 0) is 54.6 Å². The number of allylic oxidation sites excluding steroid dienone is 1. The van der Waals surface area contributed by atoms with Gasteiger partial charge in [0.25, 0.3) is 5.69 Å². The molecule has 2 aromatic heterocycles. The van der Waals surface area contributed by atoms with Crippen LogP contribution < -0.4 is 0 Å². The molecule has 0 aliphatic heterocycles. The van der Waals surface area contributed by atoms with E-state index >= 15 is 0 Å². The number of hydrogen-bond donors (Lipinski definition) is 0. The zero-order valence-corrected chi connectivity index (χ0v) is 16.2. The molecule has 146 valence electrons. The van der Waals surface area contributed by atoms with Gasteiger partial charge in [-0.1, -0.05) is 0 Å². The summed E-state index contributed by atoms with van der Waals surface area (Å²) in [6.07, 6.45) is 3.53. The Balaban J connectivity index is 1.66. The number of hydrogen-bond acceptors (Lipinski definition) is 5. The number of aromatic nitrogens is 2. The average Bonchev–Trinajstić information content (AvgIpc) is 3.42. The molecule has 30 heavy (non-hydrogen) atoms. The molecule has 2 aromatic carbocycles. The summed E-state index contributed by atoms with van der Waals surface area (Å²) in [5, 5.41) is 22.9. The van der Waals surface area contributed by atoms with Gasteiger partial charge < -0.3 is 4.57 Å². The molecule has 0 bridgehead atoms. The van der Waals surface area contributed by atoms with Crippen LogP contribution in [-0.2, 0) is 0 Å². The predicted molar refractivity (Wildman–Crippen MR) is 113 cm³/mol. The Labute approximate surface area is 174 Å². The SMILES string of the molecule is N#C/C(=C/c1cccn1-c1ccc([N+](=O)[O-])cc1)c1nc(-c2ccc(F)cc2)cs1. The number of nitro groups is 1. The summed E-state index contributed by atoms with van der Waals surface area (Å²) < 4.78 is 15.0. The molecule has 4 rings (SSSR count). The second kappa shape index (κ2) is 8.11. The van der Waals surface area contributed by atoms with Crippen molar-refractivity contribution in [3.05, 3.63) is 98.9 Å². The van der Waals surface area contributed by atoms with Gasteiger partial charge in [0, 0.05) is 40.7 Å². The van der Waals surface area contributed by atoms with E-state index in [4.69, 9.17) is 0 Å². The summed E-state index contributed by atoms with van der Waals surface area (Å²) in [6, 6.07) is 18.0. The second-order valence-electron chi connectivity index (χ2n) is 6.29. The Bertz CT molecular complexity index is 1280. The first-order valence-corrected chi connectivity index (χ1v) is 9.69. The lowest BCUT2D eigenvalue weighted by Crippen LogP contribution is -1.96. The van der Waals surface area contributed by atoms with E-state index in [9.17, 15) is 19.8 Å². The van der Waals surface area contributed by atoms with Crippen molar-refractivity contribution < 1.29 is 9.31 Å². The van der Waals surface area contributed by atoms with Crippen LogP contribution in [0, 0.1) is 27.3 Å². The highest BCUT2D eigenvalue weighted by Gasteiger charge is 2.12. The van der Waals surface area contributed by atoms with Crippen molar-refractivity contribution in [2.75, 3.05) is 0 Å². The molecule has 0 radical (unpaired) electrons. The fraction of sp³-hybridized carbons (Fsp3) is 0. The van der Waals surface area contributed by atoms with E-state index in [2.05, 4.69) is 11.1 Å². The third-order valence-corrected chi connectivity index (χ3v) is 5.28. The summed E-state index contributed by atoms with van der Waals surface area (Å²) in [6.45, 7) is 0. The van der Waals surface area contributed by atoms with Gasteiger partial charge in [-0.3, -0.25) is 10.1 Å². The van der Waals surface area contributed by atoms with Crippen molar-refractivity contribution >= 4 is 28.7 Å². The number of rotatable bonds is 5. The third-order valence-electron chi connectivity index (χ3n) is 4.41. The van der Waals surface area contributed by atoms with Crippen molar-refractivity contribution in [1.29, 1.82) is 5.26 Å². The van der Waals surface area contributed by atoms with Crippen LogP contribution in [0.5, 0.6) is 0 Å². The Morgan fingerprint density at radius 3 is 2.57 bits per heavy atom. The Hall–Kier alpha value is -4.09. The molecule has 0 amide bonds. The molecule has 2 heterocycles. The molecule has 6 nitrogen and oxygen atoms in total. The van der Waals surface area contributed by atoms with Gasteiger partial charge in [-0.15, -0.1) is 11.3 Å². The minimum absolute atomic E-state index is 0.0109. The van der Waals surface area contributed by atoms with Gasteiger partial charge in [0.05, 0.1) is 16.2 Å². The molecule has 0 atom stereocenters. The molecule has 0 spiro atoms. The first-order chi connectivity index (χ1) is 14.5. The van der Waals surface area contributed by atoms with Gasteiger partial charge in [0.15, 0.2) is 0 Å². The molecular weight excluding hydrogens is 403 g/mol. The van der Waals surface area contributed by atoms with E-state index in [1.54, 1.807) is 30.3 Å². The molecule has 4 aromatic rings. The Morgan fingerprint density at radius 1 is 1.17 bits per heavy atom. The first kappa shape index (κ1) is 19.2. The molecule has 0 N–H and O–H groups in total. The van der Waals surface area contributed by atoms with E-state index in [-0.39, 0.29) is 11.5 Å². The monoisotopic (exact) mass is 416 g/mol. The topological polar surface area (TPSA) is 84.8 Å². The van der Waals surface area contributed by atoms with Crippen molar-refractivity contribution in [3.8, 4) is 23.0 Å². The minimum atomic E-state index is -0.449. The van der Waals surface area contributed by atoms with Crippen LogP contribution in [0.3, 0.4) is 0 Å². The highest BCUT2D eigenvalue weighted by Crippen LogP contribution is 2.28. The van der Waals surface area contributed by atoms with Crippen molar-refractivity contribution in [2.24, 2.45) is 0 Å². The highest BCUT2D eigenvalue weighted by atomic mass is 32.1. The van der Waals surface area contributed by atoms with Crippen LogP contribution in [0.4, 0.5) is 10.1 Å². The van der Waals surface area contributed by atoms with Gasteiger partial charge in [-0.2, -0.15) is 5.26 Å². The lowest BCUT2D eigenvalue weighted by Gasteiger charge is -2.06. The summed E-state index contributed by atoms with van der Waals surface area (Å²) in [4.78, 5) is 14.9. The predicted octanol–water partition coefficient (Wildman–Crippen LogP) is 5.71. The summed E-state index contributed by atoms with van der Waals surface area (Å²) in [5.74, 6) is -0.321. The maximum atomic E-state index is 13.1. The maximum Gasteiger partial charge on any atom is 0.269 e. The second-order valence-corrected chi connectivity index (χ2v) is 7.15. The Kier molecular flexibility index (Phi) is 5.20. The number of nitro benzene ring substituents is 1. The van der Waals surface area contributed by atoms with Crippen LogP contribution in [0.25, 0.3) is 28.6 Å². The smallest absolute Gasteiger partial charge is 0.269 e. The zero-order chi connectivity index (χ0) is 21.1. The number of nitrogens with zero attached hydrogens (tertiary/aromatic N) is 4. The van der Waals surface area contributed by atoms with Crippen LogP contribution in [0.15, 0.2) is 72.2 Å². The summed E-state index contributed by atoms with van der Waals surface area (Å²) in [5.41, 5.74) is 3.30. The van der Waals surface area contributed by atoms with Crippen molar-refractivity contribution in [3.63, 3.8) is 0 Å². The Morgan fingerprint density at radius 2 is 1.90 bits per heavy atom. The quantitative estimate of drug-likeness (QED) is 0.237. The van der Waals surface area contributed by atoms with E-state index in [1.807, 2.05) is 28.3 Å². The average molecular weight is 416 g/mol. The zero-order valence-electron chi connectivity index (χ0n) is 15.4. The molecular formula is C22H13FN4O2S. The fourth-order valence-electron chi connectivity index (χ4n) is 2.92. The van der Waals surface area contributed by atoms with Gasteiger partial charge in [-0.25, -0.2) is 9.37 Å². The van der Waals surface area contributed by atoms with Crippen LogP contribution >= 0.6 is 11.3 Å². The lowest BCUT2D eigenvalue weighted by atomic mass is 10.2. The van der Waals surface area contributed by atoms with Crippen LogP contribution in [0.2, 0.25) is 0 Å². The number of nitriles is 1. The maximum absolute atomic E-state index is 13.1. The number of non-ortho nitro benzene ring substituents is 1. The van der Waals surface area contributed by atoms with Crippen molar-refractivity contribution in [2.45, 2.75) is 0 Å². The standard InChI is InChI=1S/C22H13FN4O2S/c23-17-5-3-15(4-6-17)21-14-30-22(25-21)16(13-24)12-20-2-1-11-26(20)18-7-9-19(10-8-18)27(28)29/h1-12,14H/b16-12-. The van der Waals surface area contributed by atoms with E-state index in [1.165, 1.54) is 35.6 Å². The first-order valence-electron chi connectivity index (χ1n) is 8.81. The van der Waals surface area contributed by atoms with Gasteiger partial charge in [0.1, 0.15) is 16.9 Å². The molecule has 0 aliphatic carbocycles. The van der Waals surface area contributed by atoms with E-state index in [0.29, 0.717) is 16.3 Å². The fourth-order valence-corrected chi connectivity index (χ4v) is 3.72. The van der Waals surface area contributed by atoms with E-state index < -0.39 is 4.92 Å². The third kappa shape index (κ3) is 3.87. The normalized spacial score (nSPS) is 11.3. The highest BCUT2D eigenvalue weighted by molar-refractivity contribution is 7.11. The number of thiazole rings is 1. The largest absolute Gasteiger partial charge is 0.317 e. The van der Waals surface area contributed by atoms with Crippen LogP contribution in [-0.4, -0.2) is 14.5 Å². The molecule has 0 saturated heterocycles. The molecule has 0 unspecified atom stereocenters. The molecule has 0 fully saturated rings. The van der Waals surface area contributed by atoms with Gasteiger partial charge in [0.2, 0.25) is 0 Å². The van der Waals surface area contributed by atoms with Crippen LogP contribution in [0.1, 0.15) is 10.7 Å². The number of halogens is 1. The summed E-state index contributed by atoms with van der Waals surface area (Å²) in [7, 11) is 0. The molecule has 8 heteroatoms. The van der Waals surface area contributed by atoms with E-state index in [0.717, 1.165) is 16.9 Å². The van der Waals surface area contributed by atoms with Crippen molar-refractivity contribution in [1.82, 2.24) is 9.55 Å². The number of benzene rings is 2. The minimum Gasteiger partial charge on any atom is -0.317 e. The lowest BCUT2D eigenvalue weighted by molar-refractivity contribution is -0.384. The van der Waals surface area contributed by atoms with Gasteiger partial charge >= 0.3 is 0 Å². The summed E-state index contributed by atoms with van der Waals surface area (Å²) >= 11 is 1.33.